The number of thioether (sulfide) groups is 1. The largest absolute Gasteiger partial charge is 0.462 e. The second kappa shape index (κ2) is 8.06. The van der Waals surface area contributed by atoms with Gasteiger partial charge in [-0.1, -0.05) is 6.07 Å². The Morgan fingerprint density at radius 2 is 2.08 bits per heavy atom. The summed E-state index contributed by atoms with van der Waals surface area (Å²) in [5.74, 6) is -0.532. The van der Waals surface area contributed by atoms with E-state index in [0.29, 0.717) is 22.7 Å². The van der Waals surface area contributed by atoms with E-state index >= 15 is 0 Å². The number of fused-ring (bicyclic) bond motifs is 1. The van der Waals surface area contributed by atoms with Crippen LogP contribution in [0.3, 0.4) is 0 Å². The minimum absolute atomic E-state index is 0.194. The van der Waals surface area contributed by atoms with E-state index < -0.39 is 0 Å². The van der Waals surface area contributed by atoms with E-state index in [1.165, 1.54) is 16.2 Å². The average molecular weight is 376 g/mol. The number of benzene rings is 1. The maximum Gasteiger partial charge on any atom is 0.341 e. The van der Waals surface area contributed by atoms with Gasteiger partial charge in [-0.15, -0.1) is 23.1 Å². The summed E-state index contributed by atoms with van der Waals surface area (Å²) in [6.45, 7) is 2.12. The third kappa shape index (κ3) is 3.90. The van der Waals surface area contributed by atoms with Gasteiger partial charge in [0, 0.05) is 15.3 Å². The van der Waals surface area contributed by atoms with Crippen molar-refractivity contribution in [2.75, 3.05) is 18.2 Å². The van der Waals surface area contributed by atoms with Crippen LogP contribution < -0.4 is 5.32 Å². The van der Waals surface area contributed by atoms with Crippen molar-refractivity contribution < 1.29 is 14.3 Å². The quantitative estimate of drug-likeness (QED) is 0.604. The molecule has 0 unspecified atom stereocenters. The van der Waals surface area contributed by atoms with Gasteiger partial charge >= 0.3 is 5.97 Å². The number of nitrogens with one attached hydrogen (secondary N) is 1. The van der Waals surface area contributed by atoms with Crippen LogP contribution in [0, 0.1) is 0 Å². The first-order chi connectivity index (χ1) is 12.1. The number of hydrogen-bond acceptors (Lipinski definition) is 5. The molecule has 25 heavy (non-hydrogen) atoms. The molecule has 132 valence electrons. The van der Waals surface area contributed by atoms with Crippen LogP contribution in [0.4, 0.5) is 5.00 Å². The van der Waals surface area contributed by atoms with Gasteiger partial charge in [0.1, 0.15) is 5.00 Å². The van der Waals surface area contributed by atoms with Crippen molar-refractivity contribution in [3.63, 3.8) is 0 Å². The van der Waals surface area contributed by atoms with Crippen LogP contribution in [0.1, 0.15) is 50.9 Å². The molecule has 1 amide bonds. The zero-order valence-corrected chi connectivity index (χ0v) is 16.0. The monoisotopic (exact) mass is 375 g/mol. The third-order valence-corrected chi connectivity index (χ3v) is 6.14. The van der Waals surface area contributed by atoms with Gasteiger partial charge in [0.15, 0.2) is 0 Å². The fourth-order valence-corrected chi connectivity index (χ4v) is 4.74. The second-order valence-corrected chi connectivity index (χ2v) is 7.81. The molecule has 0 spiro atoms. The molecule has 1 aliphatic rings. The molecule has 2 aromatic rings. The van der Waals surface area contributed by atoms with Crippen LogP contribution in [0.25, 0.3) is 0 Å². The molecular formula is C19H21NO3S2. The Bertz CT molecular complexity index is 798. The van der Waals surface area contributed by atoms with Gasteiger partial charge in [0.05, 0.1) is 12.2 Å². The van der Waals surface area contributed by atoms with Crippen molar-refractivity contribution >= 4 is 40.0 Å². The minimum atomic E-state index is -0.338. The molecular weight excluding hydrogens is 354 g/mol. The molecule has 0 fully saturated rings. The molecule has 1 aliphatic carbocycles. The molecule has 1 aromatic heterocycles. The number of aryl methyl sites for hydroxylation is 1. The number of hydrogen-bond donors (Lipinski definition) is 1. The highest BCUT2D eigenvalue weighted by molar-refractivity contribution is 7.98. The molecule has 0 atom stereocenters. The highest BCUT2D eigenvalue weighted by Crippen LogP contribution is 2.38. The SMILES string of the molecule is CCOC(=O)c1c(NC(=O)c2cccc(SC)c2)sc2c1CCCC2. The van der Waals surface area contributed by atoms with E-state index in [2.05, 4.69) is 5.32 Å². The Morgan fingerprint density at radius 1 is 1.28 bits per heavy atom. The summed E-state index contributed by atoms with van der Waals surface area (Å²) in [5.41, 5.74) is 2.20. The Balaban J connectivity index is 1.92. The van der Waals surface area contributed by atoms with Crippen LogP contribution in [-0.2, 0) is 17.6 Å². The van der Waals surface area contributed by atoms with Gasteiger partial charge in [-0.2, -0.15) is 0 Å². The molecule has 4 nitrogen and oxygen atoms in total. The number of amides is 1. The van der Waals surface area contributed by atoms with Gasteiger partial charge in [-0.05, 0) is 62.6 Å². The molecule has 1 N–H and O–H groups in total. The lowest BCUT2D eigenvalue weighted by molar-refractivity contribution is 0.0526. The van der Waals surface area contributed by atoms with Crippen LogP contribution in [0.5, 0.6) is 0 Å². The highest BCUT2D eigenvalue weighted by atomic mass is 32.2. The van der Waals surface area contributed by atoms with Crippen molar-refractivity contribution in [1.82, 2.24) is 0 Å². The molecule has 0 saturated carbocycles. The zero-order valence-electron chi connectivity index (χ0n) is 14.4. The lowest BCUT2D eigenvalue weighted by Gasteiger charge is -2.12. The Kier molecular flexibility index (Phi) is 5.81. The average Bonchev–Trinajstić information content (AvgIpc) is 2.99. The summed E-state index contributed by atoms with van der Waals surface area (Å²) in [4.78, 5) is 27.3. The first-order valence-electron chi connectivity index (χ1n) is 8.41. The number of anilines is 1. The molecule has 0 aliphatic heterocycles. The molecule has 1 aromatic carbocycles. The number of esters is 1. The fourth-order valence-electron chi connectivity index (χ4n) is 3.01. The summed E-state index contributed by atoms with van der Waals surface area (Å²) in [6.07, 6.45) is 6.00. The van der Waals surface area contributed by atoms with Gasteiger partial charge < -0.3 is 10.1 Å². The standard InChI is InChI=1S/C19H21NO3S2/c1-3-23-19(22)16-14-9-4-5-10-15(14)25-18(16)20-17(21)12-7-6-8-13(11-12)24-2/h6-8,11H,3-5,9-10H2,1-2H3,(H,20,21). The smallest absolute Gasteiger partial charge is 0.341 e. The van der Waals surface area contributed by atoms with E-state index in [1.807, 2.05) is 24.5 Å². The molecule has 0 saturated heterocycles. The van der Waals surface area contributed by atoms with Crippen molar-refractivity contribution in [2.24, 2.45) is 0 Å². The Labute approximate surface area is 156 Å². The predicted molar refractivity (Wildman–Crippen MR) is 103 cm³/mol. The van der Waals surface area contributed by atoms with Crippen molar-refractivity contribution in [1.29, 1.82) is 0 Å². The lowest BCUT2D eigenvalue weighted by atomic mass is 9.95. The maximum absolute atomic E-state index is 12.7. The van der Waals surface area contributed by atoms with Crippen molar-refractivity contribution in [2.45, 2.75) is 37.5 Å². The van der Waals surface area contributed by atoms with Gasteiger partial charge in [0.2, 0.25) is 0 Å². The summed E-state index contributed by atoms with van der Waals surface area (Å²) in [5, 5.41) is 3.56. The third-order valence-electron chi connectivity index (χ3n) is 4.21. The highest BCUT2D eigenvalue weighted by Gasteiger charge is 2.27. The van der Waals surface area contributed by atoms with Crippen molar-refractivity contribution in [3.8, 4) is 0 Å². The minimum Gasteiger partial charge on any atom is -0.462 e. The number of thiophene rings is 1. The van der Waals surface area contributed by atoms with Crippen LogP contribution in [0.2, 0.25) is 0 Å². The number of ether oxygens (including phenoxy) is 1. The number of carbonyl (C=O) groups excluding carboxylic acids is 2. The normalized spacial score (nSPS) is 13.2. The van der Waals surface area contributed by atoms with E-state index in [1.54, 1.807) is 24.8 Å². The Morgan fingerprint density at radius 3 is 2.84 bits per heavy atom. The Hall–Kier alpha value is -1.79. The summed E-state index contributed by atoms with van der Waals surface area (Å²) in [6, 6.07) is 7.48. The van der Waals surface area contributed by atoms with Crippen molar-refractivity contribution in [3.05, 3.63) is 45.8 Å². The topological polar surface area (TPSA) is 55.4 Å². The van der Waals surface area contributed by atoms with E-state index in [-0.39, 0.29) is 11.9 Å². The number of carbonyl (C=O) groups is 2. The van der Waals surface area contributed by atoms with Gasteiger partial charge in [0.25, 0.3) is 5.91 Å². The molecule has 6 heteroatoms. The van der Waals surface area contributed by atoms with Gasteiger partial charge in [-0.3, -0.25) is 4.79 Å². The van der Waals surface area contributed by atoms with Crippen LogP contribution >= 0.6 is 23.1 Å². The first-order valence-corrected chi connectivity index (χ1v) is 10.4. The summed E-state index contributed by atoms with van der Waals surface area (Å²) >= 11 is 3.10. The maximum atomic E-state index is 12.7. The fraction of sp³-hybridized carbons (Fsp3) is 0.368. The van der Waals surface area contributed by atoms with Crippen LogP contribution in [-0.4, -0.2) is 24.7 Å². The lowest BCUT2D eigenvalue weighted by Crippen LogP contribution is -2.15. The van der Waals surface area contributed by atoms with E-state index in [0.717, 1.165) is 36.1 Å². The summed E-state index contributed by atoms with van der Waals surface area (Å²) < 4.78 is 5.23. The molecule has 0 radical (unpaired) electrons. The van der Waals surface area contributed by atoms with E-state index in [4.69, 9.17) is 4.74 Å². The second-order valence-electron chi connectivity index (χ2n) is 5.82. The number of rotatable bonds is 5. The molecule has 0 bridgehead atoms. The van der Waals surface area contributed by atoms with E-state index in [9.17, 15) is 9.59 Å². The predicted octanol–water partition coefficient (Wildman–Crippen LogP) is 4.78. The molecule has 3 rings (SSSR count). The van der Waals surface area contributed by atoms with Crippen LogP contribution in [0.15, 0.2) is 29.2 Å². The summed E-state index contributed by atoms with van der Waals surface area (Å²) in [7, 11) is 0. The first kappa shape index (κ1) is 18.0. The molecule has 1 heterocycles. The zero-order chi connectivity index (χ0) is 17.8. The van der Waals surface area contributed by atoms with Gasteiger partial charge in [-0.25, -0.2) is 4.79 Å².